The summed E-state index contributed by atoms with van der Waals surface area (Å²) in [6.07, 6.45) is 0.947. The number of hydrogen-bond donors (Lipinski definition) is 1. The summed E-state index contributed by atoms with van der Waals surface area (Å²) < 4.78 is 27.4. The van der Waals surface area contributed by atoms with E-state index in [9.17, 15) is 18.4 Å². The summed E-state index contributed by atoms with van der Waals surface area (Å²) >= 11 is 0. The minimum absolute atomic E-state index is 0.302. The summed E-state index contributed by atoms with van der Waals surface area (Å²) in [6, 6.07) is 2.49. The van der Waals surface area contributed by atoms with Gasteiger partial charge in [0.15, 0.2) is 0 Å². The van der Waals surface area contributed by atoms with Gasteiger partial charge in [0, 0.05) is 12.1 Å². The number of likely N-dealkylation sites (tertiary alicyclic amines) is 1. The van der Waals surface area contributed by atoms with Crippen LogP contribution < -0.4 is 0 Å². The van der Waals surface area contributed by atoms with E-state index in [-0.39, 0.29) is 5.56 Å². The number of carbonyl (C=O) groups excluding carboxylic acids is 1. The average Bonchev–Trinajstić information content (AvgIpc) is 2.86. The van der Waals surface area contributed by atoms with Gasteiger partial charge < -0.3 is 10.0 Å². The Hall–Kier alpha value is -1.98. The zero-order valence-corrected chi connectivity index (χ0v) is 11.0. The highest BCUT2D eigenvalue weighted by Crippen LogP contribution is 2.28. The van der Waals surface area contributed by atoms with Crippen LogP contribution in [0.15, 0.2) is 18.2 Å². The first-order valence-electron chi connectivity index (χ1n) is 6.40. The molecule has 0 radical (unpaired) electrons. The number of aliphatic carboxylic acids is 1. The molecule has 1 aliphatic heterocycles. The van der Waals surface area contributed by atoms with Crippen LogP contribution in [-0.4, -0.2) is 34.5 Å². The fraction of sp³-hybridized carbons (Fsp3) is 0.429. The van der Waals surface area contributed by atoms with Crippen molar-refractivity contribution >= 4 is 11.9 Å². The molecule has 4 nitrogen and oxygen atoms in total. The lowest BCUT2D eigenvalue weighted by Gasteiger charge is -2.25. The molecule has 2 rings (SSSR count). The molecule has 0 saturated carbocycles. The minimum atomic E-state index is -1.09. The zero-order valence-electron chi connectivity index (χ0n) is 11.0. The van der Waals surface area contributed by atoms with Crippen molar-refractivity contribution in [2.45, 2.75) is 31.7 Å². The first kappa shape index (κ1) is 14.4. The van der Waals surface area contributed by atoms with Crippen LogP contribution in [0.25, 0.3) is 0 Å². The number of benzene rings is 1. The summed E-state index contributed by atoms with van der Waals surface area (Å²) in [5, 5.41) is 9.05. The van der Waals surface area contributed by atoms with Gasteiger partial charge in [0.25, 0.3) is 0 Å². The summed E-state index contributed by atoms with van der Waals surface area (Å²) in [5.41, 5.74) is -0.312. The van der Waals surface area contributed by atoms with E-state index in [0.29, 0.717) is 19.4 Å². The quantitative estimate of drug-likeness (QED) is 0.924. The van der Waals surface area contributed by atoms with E-state index in [1.54, 1.807) is 0 Å². The van der Waals surface area contributed by atoms with Gasteiger partial charge in [-0.1, -0.05) is 6.07 Å². The van der Waals surface area contributed by atoms with E-state index in [4.69, 9.17) is 5.11 Å². The van der Waals surface area contributed by atoms with Crippen molar-refractivity contribution in [2.75, 3.05) is 6.54 Å². The van der Waals surface area contributed by atoms with E-state index in [2.05, 4.69) is 0 Å². The third-order valence-electron chi connectivity index (χ3n) is 3.62. The molecule has 0 bridgehead atoms. The second-order valence-electron chi connectivity index (χ2n) is 4.88. The van der Waals surface area contributed by atoms with E-state index in [1.807, 2.05) is 0 Å². The second-order valence-corrected chi connectivity index (χ2v) is 4.88. The number of carboxylic acids is 1. The van der Waals surface area contributed by atoms with Crippen LogP contribution >= 0.6 is 0 Å². The number of hydrogen-bond acceptors (Lipinski definition) is 2. The van der Waals surface area contributed by atoms with E-state index >= 15 is 0 Å². The molecule has 1 unspecified atom stereocenters. The third kappa shape index (κ3) is 2.50. The predicted octanol–water partition coefficient (Wildman–Crippen LogP) is 2.14. The van der Waals surface area contributed by atoms with Gasteiger partial charge in [-0.3, -0.25) is 4.79 Å². The zero-order chi connectivity index (χ0) is 14.9. The molecule has 1 aliphatic rings. The van der Waals surface area contributed by atoms with Crippen molar-refractivity contribution in [3.05, 3.63) is 35.4 Å². The van der Waals surface area contributed by atoms with Crippen molar-refractivity contribution in [3.63, 3.8) is 0 Å². The van der Waals surface area contributed by atoms with Gasteiger partial charge in [-0.15, -0.1) is 0 Å². The molecule has 1 fully saturated rings. The minimum Gasteiger partial charge on any atom is -0.480 e. The van der Waals surface area contributed by atoms with Gasteiger partial charge >= 0.3 is 5.97 Å². The molecule has 1 heterocycles. The molecule has 0 aliphatic carbocycles. The van der Waals surface area contributed by atoms with Crippen LogP contribution in [0.2, 0.25) is 0 Å². The lowest BCUT2D eigenvalue weighted by Crippen LogP contribution is -2.42. The number of nitrogens with zero attached hydrogens (tertiary/aromatic N) is 1. The van der Waals surface area contributed by atoms with Crippen LogP contribution in [0.3, 0.4) is 0 Å². The molecular weight excluding hydrogens is 268 g/mol. The molecule has 1 aromatic rings. The first-order chi connectivity index (χ1) is 9.43. The largest absolute Gasteiger partial charge is 0.480 e. The Morgan fingerprint density at radius 3 is 2.50 bits per heavy atom. The van der Waals surface area contributed by atoms with Crippen molar-refractivity contribution in [1.29, 1.82) is 0 Å². The fourth-order valence-corrected chi connectivity index (χ4v) is 2.58. The van der Waals surface area contributed by atoms with Crippen LogP contribution in [0.1, 0.15) is 31.2 Å². The van der Waals surface area contributed by atoms with Crippen molar-refractivity contribution in [2.24, 2.45) is 0 Å². The molecule has 1 saturated heterocycles. The molecule has 2 atom stereocenters. The summed E-state index contributed by atoms with van der Waals surface area (Å²) in [5.74, 6) is -4.28. The molecule has 1 aromatic carbocycles. The monoisotopic (exact) mass is 283 g/mol. The Bertz CT molecular complexity index is 527. The standard InChI is InChI=1S/C14H15F2NO3/c1-8(12-9(15)4-2-5-10(12)16)13(18)17-7-3-6-11(17)14(19)20/h2,4-5,8,11H,3,6-7H2,1H3,(H,19,20)/t8?,11-/m0/s1. The summed E-state index contributed by atoms with van der Waals surface area (Å²) in [4.78, 5) is 24.6. The van der Waals surface area contributed by atoms with Crippen LogP contribution in [0.4, 0.5) is 8.78 Å². The summed E-state index contributed by atoms with van der Waals surface area (Å²) in [6.45, 7) is 1.69. The molecule has 108 valence electrons. The van der Waals surface area contributed by atoms with Crippen LogP contribution in [0, 0.1) is 11.6 Å². The average molecular weight is 283 g/mol. The Morgan fingerprint density at radius 1 is 1.35 bits per heavy atom. The van der Waals surface area contributed by atoms with Gasteiger partial charge in [0.2, 0.25) is 5.91 Å². The van der Waals surface area contributed by atoms with Crippen molar-refractivity contribution in [3.8, 4) is 0 Å². The van der Waals surface area contributed by atoms with Gasteiger partial charge in [0.1, 0.15) is 17.7 Å². The van der Waals surface area contributed by atoms with Gasteiger partial charge in [0.05, 0.1) is 5.92 Å². The lowest BCUT2D eigenvalue weighted by molar-refractivity contribution is -0.148. The molecule has 1 amide bonds. The van der Waals surface area contributed by atoms with Gasteiger partial charge in [-0.05, 0) is 31.9 Å². The maximum Gasteiger partial charge on any atom is 0.326 e. The highest BCUT2D eigenvalue weighted by Gasteiger charge is 2.37. The molecule has 6 heteroatoms. The molecule has 0 aromatic heterocycles. The molecule has 0 spiro atoms. The highest BCUT2D eigenvalue weighted by molar-refractivity contribution is 5.88. The maximum atomic E-state index is 13.7. The topological polar surface area (TPSA) is 57.6 Å². The molecule has 20 heavy (non-hydrogen) atoms. The van der Waals surface area contributed by atoms with Crippen molar-refractivity contribution in [1.82, 2.24) is 4.90 Å². The van der Waals surface area contributed by atoms with Gasteiger partial charge in [-0.2, -0.15) is 0 Å². The Morgan fingerprint density at radius 2 is 1.95 bits per heavy atom. The second kappa shape index (κ2) is 5.56. The molecular formula is C14H15F2NO3. The Kier molecular flexibility index (Phi) is 4.01. The maximum absolute atomic E-state index is 13.7. The number of amides is 1. The van der Waals surface area contributed by atoms with E-state index < -0.39 is 35.5 Å². The van der Waals surface area contributed by atoms with E-state index in [1.165, 1.54) is 17.9 Å². The lowest BCUT2D eigenvalue weighted by atomic mass is 9.98. The van der Waals surface area contributed by atoms with Crippen LogP contribution in [-0.2, 0) is 9.59 Å². The molecule has 1 N–H and O–H groups in total. The smallest absolute Gasteiger partial charge is 0.326 e. The Balaban J connectivity index is 2.27. The van der Waals surface area contributed by atoms with Crippen molar-refractivity contribution < 1.29 is 23.5 Å². The summed E-state index contributed by atoms with van der Waals surface area (Å²) in [7, 11) is 0. The number of rotatable bonds is 3. The fourth-order valence-electron chi connectivity index (χ4n) is 2.58. The van der Waals surface area contributed by atoms with Gasteiger partial charge in [-0.25, -0.2) is 13.6 Å². The first-order valence-corrected chi connectivity index (χ1v) is 6.40. The predicted molar refractivity (Wildman–Crippen MR) is 67.1 cm³/mol. The van der Waals surface area contributed by atoms with E-state index in [0.717, 1.165) is 12.1 Å². The SMILES string of the molecule is CC(C(=O)N1CCC[C@H]1C(=O)O)c1c(F)cccc1F. The number of halogens is 2. The normalized spacial score (nSPS) is 19.9. The van der Waals surface area contributed by atoms with Crippen LogP contribution in [0.5, 0.6) is 0 Å². The Labute approximate surface area is 115 Å². The third-order valence-corrected chi connectivity index (χ3v) is 3.62. The number of carboxylic acid groups (broad SMARTS) is 1. The number of carbonyl (C=O) groups is 2. The highest BCUT2D eigenvalue weighted by atomic mass is 19.1.